The molecule has 3 nitrogen and oxygen atoms in total. The number of ketones is 1. The fraction of sp³-hybridized carbons (Fsp3) is 0.667. The average molecular weight is 294 g/mol. The summed E-state index contributed by atoms with van der Waals surface area (Å²) in [6.45, 7) is 2.19. The van der Waals surface area contributed by atoms with Crippen LogP contribution >= 0.6 is 0 Å². The summed E-state index contributed by atoms with van der Waals surface area (Å²) in [6, 6.07) is 0. The Morgan fingerprint density at radius 1 is 0.857 bits per heavy atom. The summed E-state index contributed by atoms with van der Waals surface area (Å²) in [4.78, 5) is 21.9. The van der Waals surface area contributed by atoms with Crippen LogP contribution in [0.15, 0.2) is 24.3 Å². The number of rotatable bonds is 14. The Kier molecular flexibility index (Phi) is 14.0. The third kappa shape index (κ3) is 16.6. The van der Waals surface area contributed by atoms with Gasteiger partial charge >= 0.3 is 5.97 Å². The van der Waals surface area contributed by atoms with E-state index in [-0.39, 0.29) is 12.2 Å². The summed E-state index contributed by atoms with van der Waals surface area (Å²) in [7, 11) is 0. The largest absolute Gasteiger partial charge is 0.481 e. The van der Waals surface area contributed by atoms with Crippen molar-refractivity contribution in [3.8, 4) is 0 Å². The van der Waals surface area contributed by atoms with E-state index in [1.165, 1.54) is 19.3 Å². The number of hydrogen-bond acceptors (Lipinski definition) is 2. The van der Waals surface area contributed by atoms with E-state index in [0.29, 0.717) is 6.42 Å². The van der Waals surface area contributed by atoms with E-state index in [0.717, 1.165) is 38.5 Å². The molecule has 120 valence electrons. The molecular formula is C18H30O3. The van der Waals surface area contributed by atoms with Crippen molar-refractivity contribution < 1.29 is 14.7 Å². The number of carboxylic acids is 1. The highest BCUT2D eigenvalue weighted by molar-refractivity contribution is 5.89. The van der Waals surface area contributed by atoms with Gasteiger partial charge in [0.25, 0.3) is 0 Å². The second kappa shape index (κ2) is 15.0. The number of hydrogen-bond donors (Lipinski definition) is 1. The molecular weight excluding hydrogens is 264 g/mol. The van der Waals surface area contributed by atoms with Gasteiger partial charge in [0, 0.05) is 12.8 Å². The smallest absolute Gasteiger partial charge is 0.303 e. The number of unbranched alkanes of at least 4 members (excludes halogenated alkanes) is 7. The Morgan fingerprint density at radius 2 is 1.52 bits per heavy atom. The average Bonchev–Trinajstić information content (AvgIpc) is 2.45. The molecule has 0 fully saturated rings. The molecule has 0 saturated carbocycles. The van der Waals surface area contributed by atoms with Crippen LogP contribution in [-0.4, -0.2) is 16.9 Å². The van der Waals surface area contributed by atoms with Crippen LogP contribution in [-0.2, 0) is 9.59 Å². The number of carbonyl (C=O) groups is 2. The zero-order valence-corrected chi connectivity index (χ0v) is 13.4. The molecule has 0 amide bonds. The van der Waals surface area contributed by atoms with Gasteiger partial charge in [-0.15, -0.1) is 0 Å². The fourth-order valence-electron chi connectivity index (χ4n) is 2.04. The van der Waals surface area contributed by atoms with Gasteiger partial charge in [0.2, 0.25) is 0 Å². The van der Waals surface area contributed by atoms with Crippen LogP contribution in [0.4, 0.5) is 0 Å². The number of aliphatic carboxylic acids is 1. The molecule has 0 spiro atoms. The molecule has 0 bridgehead atoms. The quantitative estimate of drug-likeness (QED) is 0.277. The first-order valence-corrected chi connectivity index (χ1v) is 8.24. The molecule has 0 aliphatic carbocycles. The molecule has 0 aromatic carbocycles. The van der Waals surface area contributed by atoms with Crippen molar-refractivity contribution in [2.24, 2.45) is 0 Å². The molecule has 0 heterocycles. The molecule has 0 radical (unpaired) electrons. The molecule has 3 heteroatoms. The summed E-state index contributed by atoms with van der Waals surface area (Å²) in [5.41, 5.74) is 0. The summed E-state index contributed by atoms with van der Waals surface area (Å²) in [5, 5.41) is 8.49. The van der Waals surface area contributed by atoms with Crippen molar-refractivity contribution in [2.75, 3.05) is 0 Å². The second-order valence-electron chi connectivity index (χ2n) is 5.41. The van der Waals surface area contributed by atoms with Crippen molar-refractivity contribution in [3.05, 3.63) is 24.3 Å². The Balaban J connectivity index is 3.43. The summed E-state index contributed by atoms with van der Waals surface area (Å²) < 4.78 is 0. The van der Waals surface area contributed by atoms with Gasteiger partial charge in [0.1, 0.15) is 0 Å². The highest BCUT2D eigenvalue weighted by Crippen LogP contribution is 2.08. The van der Waals surface area contributed by atoms with Crippen molar-refractivity contribution >= 4 is 11.8 Å². The molecule has 1 N–H and O–H groups in total. The second-order valence-corrected chi connectivity index (χ2v) is 5.41. The molecule has 0 atom stereocenters. The van der Waals surface area contributed by atoms with Crippen LogP contribution in [0, 0.1) is 0 Å². The van der Waals surface area contributed by atoms with Crippen molar-refractivity contribution in [1.29, 1.82) is 0 Å². The normalized spacial score (nSPS) is 11.5. The third-order valence-corrected chi connectivity index (χ3v) is 3.32. The SMILES string of the molecule is CCCCC/C=C/C=C\C(=O)CCCCCCCC(=O)O. The van der Waals surface area contributed by atoms with Crippen LogP contribution in [0.25, 0.3) is 0 Å². The Bertz CT molecular complexity index is 329. The lowest BCUT2D eigenvalue weighted by Gasteiger charge is -1.98. The molecule has 0 aromatic heterocycles. The standard InChI is InChI=1S/C18H30O3/c1-2-3-4-5-6-8-11-14-17(19)15-12-9-7-10-13-16-18(20)21/h6,8,11,14H,2-5,7,9-10,12-13,15-16H2,1H3,(H,20,21)/b8-6+,14-11-. The topological polar surface area (TPSA) is 54.4 Å². The van der Waals surface area contributed by atoms with E-state index < -0.39 is 5.97 Å². The summed E-state index contributed by atoms with van der Waals surface area (Å²) in [5.74, 6) is -0.545. The van der Waals surface area contributed by atoms with Crippen LogP contribution in [0.5, 0.6) is 0 Å². The first kappa shape index (κ1) is 19.6. The maximum absolute atomic E-state index is 11.6. The maximum Gasteiger partial charge on any atom is 0.303 e. The van der Waals surface area contributed by atoms with Crippen molar-refractivity contribution in [3.63, 3.8) is 0 Å². The van der Waals surface area contributed by atoms with Crippen LogP contribution in [0.3, 0.4) is 0 Å². The van der Waals surface area contributed by atoms with Crippen molar-refractivity contribution in [2.45, 2.75) is 77.6 Å². The molecule has 21 heavy (non-hydrogen) atoms. The first-order valence-electron chi connectivity index (χ1n) is 8.24. The minimum Gasteiger partial charge on any atom is -0.481 e. The lowest BCUT2D eigenvalue weighted by molar-refractivity contribution is -0.137. The Morgan fingerprint density at radius 3 is 2.19 bits per heavy atom. The van der Waals surface area contributed by atoms with Crippen LogP contribution < -0.4 is 0 Å². The summed E-state index contributed by atoms with van der Waals surface area (Å²) >= 11 is 0. The monoisotopic (exact) mass is 294 g/mol. The van der Waals surface area contributed by atoms with E-state index in [2.05, 4.69) is 13.0 Å². The van der Waals surface area contributed by atoms with Crippen LogP contribution in [0.1, 0.15) is 77.6 Å². The summed E-state index contributed by atoms with van der Waals surface area (Å²) in [6.07, 6.45) is 17.8. The van der Waals surface area contributed by atoms with E-state index in [1.54, 1.807) is 6.08 Å². The van der Waals surface area contributed by atoms with E-state index >= 15 is 0 Å². The maximum atomic E-state index is 11.6. The van der Waals surface area contributed by atoms with Gasteiger partial charge in [-0.05, 0) is 31.8 Å². The number of allylic oxidation sites excluding steroid dienone is 4. The van der Waals surface area contributed by atoms with E-state index in [1.807, 2.05) is 12.2 Å². The molecule has 0 unspecified atom stereocenters. The van der Waals surface area contributed by atoms with Gasteiger partial charge in [-0.3, -0.25) is 9.59 Å². The van der Waals surface area contributed by atoms with E-state index in [9.17, 15) is 9.59 Å². The predicted molar refractivity (Wildman–Crippen MR) is 87.4 cm³/mol. The van der Waals surface area contributed by atoms with E-state index in [4.69, 9.17) is 5.11 Å². The van der Waals surface area contributed by atoms with Gasteiger partial charge in [-0.2, -0.15) is 0 Å². The van der Waals surface area contributed by atoms with Gasteiger partial charge < -0.3 is 5.11 Å². The lowest BCUT2D eigenvalue weighted by atomic mass is 10.1. The Labute approximate surface area is 129 Å². The third-order valence-electron chi connectivity index (χ3n) is 3.32. The molecule has 0 aliphatic heterocycles. The minimum atomic E-state index is -0.724. The predicted octanol–water partition coefficient (Wildman–Crippen LogP) is 5.06. The molecule has 0 saturated heterocycles. The van der Waals surface area contributed by atoms with Crippen LogP contribution in [0.2, 0.25) is 0 Å². The molecule has 0 aromatic rings. The molecule has 0 rings (SSSR count). The zero-order chi connectivity index (χ0) is 15.8. The Hall–Kier alpha value is -1.38. The molecule has 0 aliphatic rings. The fourth-order valence-corrected chi connectivity index (χ4v) is 2.04. The number of carbonyl (C=O) groups excluding carboxylic acids is 1. The van der Waals surface area contributed by atoms with Gasteiger partial charge in [-0.1, -0.05) is 57.3 Å². The first-order chi connectivity index (χ1) is 10.2. The van der Waals surface area contributed by atoms with Crippen molar-refractivity contribution in [1.82, 2.24) is 0 Å². The number of carboxylic acid groups (broad SMARTS) is 1. The highest BCUT2D eigenvalue weighted by atomic mass is 16.4. The van der Waals surface area contributed by atoms with Gasteiger partial charge in [0.15, 0.2) is 5.78 Å². The highest BCUT2D eigenvalue weighted by Gasteiger charge is 1.98. The van der Waals surface area contributed by atoms with Gasteiger partial charge in [0.05, 0.1) is 0 Å². The van der Waals surface area contributed by atoms with Gasteiger partial charge in [-0.25, -0.2) is 0 Å². The minimum absolute atomic E-state index is 0.179. The zero-order valence-electron chi connectivity index (χ0n) is 13.4. The lowest BCUT2D eigenvalue weighted by Crippen LogP contribution is -1.94.